The molecule has 0 atom stereocenters. The Morgan fingerprint density at radius 2 is 2.14 bits per heavy atom. The zero-order valence-corrected chi connectivity index (χ0v) is 13.0. The summed E-state index contributed by atoms with van der Waals surface area (Å²) in [6.07, 6.45) is 3.50. The van der Waals surface area contributed by atoms with E-state index in [1.165, 1.54) is 0 Å². The second kappa shape index (κ2) is 7.29. The molecular weight excluding hydrogens is 268 g/mol. The van der Waals surface area contributed by atoms with E-state index in [1.54, 1.807) is 6.20 Å². The molecule has 1 saturated heterocycles. The van der Waals surface area contributed by atoms with Crippen molar-refractivity contribution < 1.29 is 14.3 Å². The maximum absolute atomic E-state index is 11.8. The van der Waals surface area contributed by atoms with E-state index in [1.807, 2.05) is 32.9 Å². The van der Waals surface area contributed by atoms with Gasteiger partial charge in [-0.1, -0.05) is 0 Å². The van der Waals surface area contributed by atoms with Gasteiger partial charge >= 0.3 is 5.97 Å². The lowest BCUT2D eigenvalue weighted by Crippen LogP contribution is -2.37. The third-order valence-electron chi connectivity index (χ3n) is 3.53. The first-order valence-electron chi connectivity index (χ1n) is 7.65. The molecule has 2 heterocycles. The number of ether oxygens (including phenoxy) is 2. The first-order chi connectivity index (χ1) is 10.1. The Kier molecular flexibility index (Phi) is 5.42. The van der Waals surface area contributed by atoms with Gasteiger partial charge in [0.2, 0.25) is 0 Å². The van der Waals surface area contributed by atoms with Crippen molar-refractivity contribution in [1.82, 2.24) is 4.98 Å². The molecule has 0 radical (unpaired) electrons. The molecule has 0 spiro atoms. The molecule has 1 fully saturated rings. The highest BCUT2D eigenvalue weighted by molar-refractivity contribution is 5.73. The number of nitrogens with zero attached hydrogens (tertiary/aromatic N) is 2. The Morgan fingerprint density at radius 1 is 1.43 bits per heavy atom. The molecule has 2 rings (SSSR count). The van der Waals surface area contributed by atoms with Crippen LogP contribution in [0.15, 0.2) is 18.3 Å². The summed E-state index contributed by atoms with van der Waals surface area (Å²) in [5, 5.41) is 0. The molecule has 1 aromatic heterocycles. The van der Waals surface area contributed by atoms with Gasteiger partial charge in [0.25, 0.3) is 0 Å². The topological polar surface area (TPSA) is 51.7 Å². The van der Waals surface area contributed by atoms with Gasteiger partial charge in [-0.3, -0.25) is 4.79 Å². The molecule has 0 bridgehead atoms. The molecule has 0 unspecified atom stereocenters. The third-order valence-corrected chi connectivity index (χ3v) is 3.53. The standard InChI is InChI=1S/C16H24N2O3/c1-4-20-16(19)13-7-10-18(11-8-13)15-14(21-12(2)3)6-5-9-17-15/h5-6,9,12-13H,4,7-8,10-11H2,1-3H3. The molecule has 1 aromatic rings. The number of piperidine rings is 1. The van der Waals surface area contributed by atoms with Crippen molar-refractivity contribution in [2.75, 3.05) is 24.6 Å². The smallest absolute Gasteiger partial charge is 0.309 e. The second-order valence-corrected chi connectivity index (χ2v) is 5.51. The van der Waals surface area contributed by atoms with Gasteiger partial charge in [-0.25, -0.2) is 4.98 Å². The summed E-state index contributed by atoms with van der Waals surface area (Å²) >= 11 is 0. The van der Waals surface area contributed by atoms with Crippen molar-refractivity contribution in [1.29, 1.82) is 0 Å². The van der Waals surface area contributed by atoms with Crippen molar-refractivity contribution in [2.24, 2.45) is 5.92 Å². The number of carbonyl (C=O) groups excluding carboxylic acids is 1. The fraction of sp³-hybridized carbons (Fsp3) is 0.625. The van der Waals surface area contributed by atoms with Gasteiger partial charge in [-0.2, -0.15) is 0 Å². The molecule has 21 heavy (non-hydrogen) atoms. The third kappa shape index (κ3) is 4.09. The van der Waals surface area contributed by atoms with Gasteiger partial charge < -0.3 is 14.4 Å². The molecule has 0 amide bonds. The van der Waals surface area contributed by atoms with Crippen molar-refractivity contribution in [3.63, 3.8) is 0 Å². The van der Waals surface area contributed by atoms with Crippen molar-refractivity contribution in [3.8, 4) is 5.75 Å². The van der Waals surface area contributed by atoms with E-state index < -0.39 is 0 Å². The van der Waals surface area contributed by atoms with Crippen molar-refractivity contribution in [3.05, 3.63) is 18.3 Å². The van der Waals surface area contributed by atoms with Crippen LogP contribution in [-0.4, -0.2) is 36.8 Å². The highest BCUT2D eigenvalue weighted by Crippen LogP contribution is 2.30. The number of rotatable bonds is 5. The number of esters is 1. The van der Waals surface area contributed by atoms with E-state index in [4.69, 9.17) is 9.47 Å². The average molecular weight is 292 g/mol. The number of hydrogen-bond donors (Lipinski definition) is 0. The summed E-state index contributed by atoms with van der Waals surface area (Å²) in [4.78, 5) is 18.4. The Balaban J connectivity index is 2.00. The van der Waals surface area contributed by atoms with Gasteiger partial charge in [0.1, 0.15) is 0 Å². The van der Waals surface area contributed by atoms with Gasteiger partial charge in [-0.05, 0) is 45.7 Å². The quantitative estimate of drug-likeness (QED) is 0.781. The molecule has 0 saturated carbocycles. The first-order valence-corrected chi connectivity index (χ1v) is 7.65. The van der Waals surface area contributed by atoms with Crippen LogP contribution >= 0.6 is 0 Å². The van der Waals surface area contributed by atoms with E-state index >= 15 is 0 Å². The average Bonchev–Trinajstić information content (AvgIpc) is 2.48. The highest BCUT2D eigenvalue weighted by atomic mass is 16.5. The van der Waals surface area contributed by atoms with E-state index in [0.29, 0.717) is 6.61 Å². The van der Waals surface area contributed by atoms with Crippen LogP contribution < -0.4 is 9.64 Å². The minimum Gasteiger partial charge on any atom is -0.487 e. The Hall–Kier alpha value is -1.78. The Morgan fingerprint density at radius 3 is 2.76 bits per heavy atom. The van der Waals surface area contributed by atoms with Gasteiger partial charge in [0.05, 0.1) is 18.6 Å². The molecule has 5 heteroatoms. The highest BCUT2D eigenvalue weighted by Gasteiger charge is 2.27. The van der Waals surface area contributed by atoms with Crippen molar-refractivity contribution >= 4 is 11.8 Å². The fourth-order valence-electron chi connectivity index (χ4n) is 2.55. The molecule has 1 aliphatic heterocycles. The van der Waals surface area contributed by atoms with Crippen LogP contribution in [0, 0.1) is 5.92 Å². The SMILES string of the molecule is CCOC(=O)C1CCN(c2ncccc2OC(C)C)CC1. The number of pyridine rings is 1. The molecular formula is C16H24N2O3. The van der Waals surface area contributed by atoms with Crippen LogP contribution in [0.4, 0.5) is 5.82 Å². The minimum absolute atomic E-state index is 0.0133. The Labute approximate surface area is 126 Å². The molecule has 1 aliphatic rings. The predicted octanol–water partition coefficient (Wildman–Crippen LogP) is 2.65. The zero-order chi connectivity index (χ0) is 15.2. The monoisotopic (exact) mass is 292 g/mol. The molecule has 0 aliphatic carbocycles. The fourth-order valence-corrected chi connectivity index (χ4v) is 2.55. The number of aromatic nitrogens is 1. The van der Waals surface area contributed by atoms with Crippen LogP contribution in [0.25, 0.3) is 0 Å². The molecule has 0 N–H and O–H groups in total. The maximum Gasteiger partial charge on any atom is 0.309 e. The summed E-state index contributed by atoms with van der Waals surface area (Å²) in [5.74, 6) is 1.62. The van der Waals surface area contributed by atoms with E-state index in [9.17, 15) is 4.79 Å². The van der Waals surface area contributed by atoms with Crippen LogP contribution in [-0.2, 0) is 9.53 Å². The van der Waals surface area contributed by atoms with Gasteiger partial charge in [0, 0.05) is 19.3 Å². The predicted molar refractivity (Wildman–Crippen MR) is 81.6 cm³/mol. The summed E-state index contributed by atoms with van der Waals surface area (Å²) in [6.45, 7) is 7.90. The molecule has 116 valence electrons. The summed E-state index contributed by atoms with van der Waals surface area (Å²) < 4.78 is 10.9. The van der Waals surface area contributed by atoms with E-state index in [0.717, 1.165) is 37.5 Å². The first kappa shape index (κ1) is 15.6. The number of carbonyl (C=O) groups is 1. The van der Waals surface area contributed by atoms with Crippen LogP contribution in [0.2, 0.25) is 0 Å². The largest absolute Gasteiger partial charge is 0.487 e. The zero-order valence-electron chi connectivity index (χ0n) is 13.0. The summed E-state index contributed by atoms with van der Waals surface area (Å²) in [5.41, 5.74) is 0. The summed E-state index contributed by atoms with van der Waals surface area (Å²) in [7, 11) is 0. The minimum atomic E-state index is -0.0724. The lowest BCUT2D eigenvalue weighted by atomic mass is 9.97. The Bertz CT molecular complexity index is 468. The van der Waals surface area contributed by atoms with Crippen LogP contribution in [0.3, 0.4) is 0 Å². The van der Waals surface area contributed by atoms with E-state index in [2.05, 4.69) is 9.88 Å². The lowest BCUT2D eigenvalue weighted by molar-refractivity contribution is -0.148. The van der Waals surface area contributed by atoms with Crippen LogP contribution in [0.5, 0.6) is 5.75 Å². The molecule has 0 aromatic carbocycles. The maximum atomic E-state index is 11.8. The second-order valence-electron chi connectivity index (χ2n) is 5.51. The molecule has 5 nitrogen and oxygen atoms in total. The number of hydrogen-bond acceptors (Lipinski definition) is 5. The lowest BCUT2D eigenvalue weighted by Gasteiger charge is -2.32. The number of anilines is 1. The van der Waals surface area contributed by atoms with Crippen LogP contribution in [0.1, 0.15) is 33.6 Å². The normalized spacial score (nSPS) is 16.1. The summed E-state index contributed by atoms with van der Waals surface area (Å²) in [6, 6.07) is 3.83. The van der Waals surface area contributed by atoms with Crippen molar-refractivity contribution in [2.45, 2.75) is 39.7 Å². The van der Waals surface area contributed by atoms with E-state index in [-0.39, 0.29) is 18.0 Å². The van der Waals surface area contributed by atoms with Gasteiger partial charge in [0.15, 0.2) is 11.6 Å². The van der Waals surface area contributed by atoms with Gasteiger partial charge in [-0.15, -0.1) is 0 Å².